The van der Waals surface area contributed by atoms with Crippen LogP contribution < -0.4 is 11.1 Å². The van der Waals surface area contributed by atoms with Crippen molar-refractivity contribution in [2.75, 3.05) is 39.0 Å². The van der Waals surface area contributed by atoms with Crippen LogP contribution in [0.1, 0.15) is 25.8 Å². The zero-order chi connectivity index (χ0) is 23.2. The second kappa shape index (κ2) is 10.5. The molecule has 0 saturated carbocycles. The molecule has 0 radical (unpaired) electrons. The number of primary amides is 1. The molecule has 1 saturated heterocycles. The van der Waals surface area contributed by atoms with Crippen molar-refractivity contribution >= 4 is 21.8 Å². The highest BCUT2D eigenvalue weighted by molar-refractivity contribution is 7.89. The number of hydrogen-bond donors (Lipinski definition) is 2. The van der Waals surface area contributed by atoms with E-state index < -0.39 is 44.2 Å². The van der Waals surface area contributed by atoms with E-state index in [0.29, 0.717) is 6.42 Å². The molecule has 0 aliphatic carbocycles. The molecule has 1 aromatic carbocycles. The van der Waals surface area contributed by atoms with Gasteiger partial charge in [-0.2, -0.15) is 4.31 Å². The molecule has 9 nitrogen and oxygen atoms in total. The van der Waals surface area contributed by atoms with Crippen molar-refractivity contribution in [3.63, 3.8) is 0 Å². The molecule has 1 aromatic rings. The van der Waals surface area contributed by atoms with Crippen LogP contribution in [0.25, 0.3) is 0 Å². The molecule has 0 bridgehead atoms. The number of rotatable bonds is 10. The summed E-state index contributed by atoms with van der Waals surface area (Å²) in [5, 5.41) is 14.7. The smallest absolute Gasteiger partial charge is 0.240 e. The van der Waals surface area contributed by atoms with Gasteiger partial charge in [0, 0.05) is 0 Å². The van der Waals surface area contributed by atoms with E-state index in [1.54, 1.807) is 0 Å². The van der Waals surface area contributed by atoms with Crippen LogP contribution in [0.3, 0.4) is 0 Å². The molecule has 2 atom stereocenters. The van der Waals surface area contributed by atoms with Gasteiger partial charge >= 0.3 is 0 Å². The minimum Gasteiger partial charge on any atom is -0.633 e. The summed E-state index contributed by atoms with van der Waals surface area (Å²) in [6.45, 7) is 4.41. The minimum absolute atomic E-state index is 0.124. The van der Waals surface area contributed by atoms with E-state index in [2.05, 4.69) is 5.32 Å². The van der Waals surface area contributed by atoms with Crippen LogP contribution >= 0.6 is 0 Å². The number of likely N-dealkylation sites (N-methyl/N-ethyl adjacent to an activating group) is 1. The third-order valence-corrected chi connectivity index (χ3v) is 7.49. The first-order valence-electron chi connectivity index (χ1n) is 10.6. The molecule has 1 aliphatic rings. The standard InChI is InChI=1S/C21H34N4O5S/c1-16(2)13-19(20(22)26)23-21(27)18(14-17-7-5-4-6-8-17)15-31(29,30)24-9-11-25(3,28)12-10-24/h4-8,16,18-19H,9-15H2,1-3H3,(H2,22,26)(H,23,27)/t18?,19-/m0/s1. The topological polar surface area (TPSA) is 133 Å². The lowest BCUT2D eigenvalue weighted by Gasteiger charge is -2.44. The lowest BCUT2D eigenvalue weighted by atomic mass is 9.98. The third-order valence-electron chi connectivity index (χ3n) is 5.51. The van der Waals surface area contributed by atoms with E-state index >= 15 is 0 Å². The van der Waals surface area contributed by atoms with E-state index in [4.69, 9.17) is 5.73 Å². The van der Waals surface area contributed by atoms with Crippen molar-refractivity contribution in [2.45, 2.75) is 32.7 Å². The fraction of sp³-hybridized carbons (Fsp3) is 0.619. The van der Waals surface area contributed by atoms with E-state index in [9.17, 15) is 23.2 Å². The monoisotopic (exact) mass is 454 g/mol. The summed E-state index contributed by atoms with van der Waals surface area (Å²) in [7, 11) is -2.25. The Labute approximate surface area is 184 Å². The number of carbonyl (C=O) groups excluding carboxylic acids is 2. The van der Waals surface area contributed by atoms with Crippen LogP contribution in [0.2, 0.25) is 0 Å². The van der Waals surface area contributed by atoms with Crippen molar-refractivity contribution in [1.82, 2.24) is 9.62 Å². The number of quaternary nitrogens is 1. The molecule has 3 N–H and O–H groups in total. The molecule has 0 spiro atoms. The SMILES string of the molecule is CC(C)C[C@H](NC(=O)C(Cc1ccccc1)CS(=O)(=O)N1CC[N+](C)([O-])CC1)C(N)=O. The van der Waals surface area contributed by atoms with E-state index in [1.165, 1.54) is 11.4 Å². The van der Waals surface area contributed by atoms with Gasteiger partial charge in [-0.3, -0.25) is 9.59 Å². The number of nitrogens with two attached hydrogens (primary N) is 1. The van der Waals surface area contributed by atoms with Crippen LogP contribution in [-0.2, 0) is 26.0 Å². The van der Waals surface area contributed by atoms with Crippen molar-refractivity contribution in [1.29, 1.82) is 0 Å². The molecule has 31 heavy (non-hydrogen) atoms. The molecule has 1 aliphatic heterocycles. The highest BCUT2D eigenvalue weighted by atomic mass is 32.2. The lowest BCUT2D eigenvalue weighted by molar-refractivity contribution is -0.864. The number of piperazine rings is 1. The zero-order valence-electron chi connectivity index (χ0n) is 18.5. The van der Waals surface area contributed by atoms with E-state index in [-0.39, 0.29) is 38.5 Å². The molecule has 0 aromatic heterocycles. The Morgan fingerprint density at radius 1 is 1.19 bits per heavy atom. The number of hydrogen-bond acceptors (Lipinski definition) is 5. The number of amides is 2. The highest BCUT2D eigenvalue weighted by Gasteiger charge is 2.35. The Hall–Kier alpha value is -2.01. The number of hydroxylamine groups is 3. The predicted molar refractivity (Wildman–Crippen MR) is 119 cm³/mol. The first kappa shape index (κ1) is 25.3. The summed E-state index contributed by atoms with van der Waals surface area (Å²) in [5.74, 6) is -2.33. The largest absolute Gasteiger partial charge is 0.633 e. The number of nitrogens with zero attached hydrogens (tertiary/aromatic N) is 2. The van der Waals surface area contributed by atoms with Gasteiger partial charge < -0.3 is 20.9 Å². The van der Waals surface area contributed by atoms with Gasteiger partial charge in [-0.1, -0.05) is 44.2 Å². The number of benzene rings is 1. The van der Waals surface area contributed by atoms with Crippen molar-refractivity contribution < 1.29 is 22.7 Å². The summed E-state index contributed by atoms with van der Waals surface area (Å²) in [4.78, 5) is 24.8. The number of sulfonamides is 1. The van der Waals surface area contributed by atoms with Crippen LogP contribution in [0, 0.1) is 17.0 Å². The van der Waals surface area contributed by atoms with E-state index in [1.807, 2.05) is 44.2 Å². The average Bonchev–Trinajstić information content (AvgIpc) is 2.66. The zero-order valence-corrected chi connectivity index (χ0v) is 19.3. The summed E-state index contributed by atoms with van der Waals surface area (Å²) in [6, 6.07) is 8.28. The maximum Gasteiger partial charge on any atom is 0.240 e. The first-order chi connectivity index (χ1) is 14.4. The molecule has 1 heterocycles. The molecule has 2 amide bonds. The molecule has 1 fully saturated rings. The van der Waals surface area contributed by atoms with Gasteiger partial charge in [-0.25, -0.2) is 8.42 Å². The highest BCUT2D eigenvalue weighted by Crippen LogP contribution is 2.18. The maximum absolute atomic E-state index is 13.1. The Balaban J connectivity index is 2.19. The fourth-order valence-corrected chi connectivity index (χ4v) is 5.35. The van der Waals surface area contributed by atoms with Crippen molar-refractivity contribution in [2.24, 2.45) is 17.6 Å². The van der Waals surface area contributed by atoms with Crippen LogP contribution in [0.4, 0.5) is 0 Å². The number of nitrogens with one attached hydrogen (secondary N) is 1. The summed E-state index contributed by atoms with van der Waals surface area (Å²) in [5.41, 5.74) is 6.26. The Morgan fingerprint density at radius 2 is 1.77 bits per heavy atom. The second-order valence-electron chi connectivity index (χ2n) is 8.90. The molecule has 10 heteroatoms. The third kappa shape index (κ3) is 7.88. The van der Waals surface area contributed by atoms with Gasteiger partial charge in [0.25, 0.3) is 0 Å². The molecular formula is C21H34N4O5S. The van der Waals surface area contributed by atoms with Crippen LogP contribution in [-0.4, -0.2) is 74.2 Å². The minimum atomic E-state index is -3.77. The second-order valence-corrected chi connectivity index (χ2v) is 10.9. The predicted octanol–water partition coefficient (Wildman–Crippen LogP) is 0.451. The average molecular weight is 455 g/mol. The van der Waals surface area contributed by atoms with Gasteiger partial charge in [0.2, 0.25) is 21.8 Å². The molecule has 2 rings (SSSR count). The lowest BCUT2D eigenvalue weighted by Crippen LogP contribution is -2.56. The maximum atomic E-state index is 13.1. The molecular weight excluding hydrogens is 420 g/mol. The van der Waals surface area contributed by atoms with Gasteiger partial charge in [-0.15, -0.1) is 0 Å². The summed E-state index contributed by atoms with van der Waals surface area (Å²) in [6.07, 6.45) is 0.584. The van der Waals surface area contributed by atoms with E-state index in [0.717, 1.165) is 5.56 Å². The van der Waals surface area contributed by atoms with Crippen LogP contribution in [0.15, 0.2) is 30.3 Å². The van der Waals surface area contributed by atoms with Crippen LogP contribution in [0.5, 0.6) is 0 Å². The van der Waals surface area contributed by atoms with Gasteiger partial charge in [0.1, 0.15) is 6.04 Å². The molecule has 1 unspecified atom stereocenters. The summed E-state index contributed by atoms with van der Waals surface area (Å²) < 4.78 is 26.9. The molecule has 174 valence electrons. The normalized spacial score (nSPS) is 19.0. The van der Waals surface area contributed by atoms with Crippen molar-refractivity contribution in [3.05, 3.63) is 41.1 Å². The van der Waals surface area contributed by atoms with Gasteiger partial charge in [0.05, 0.1) is 44.9 Å². The Kier molecular flexibility index (Phi) is 8.58. The van der Waals surface area contributed by atoms with Crippen molar-refractivity contribution in [3.8, 4) is 0 Å². The first-order valence-corrected chi connectivity index (χ1v) is 12.2. The fourth-order valence-electron chi connectivity index (χ4n) is 3.64. The Bertz CT molecular complexity index is 848. The van der Waals surface area contributed by atoms with Gasteiger partial charge in [-0.05, 0) is 24.3 Å². The summed E-state index contributed by atoms with van der Waals surface area (Å²) >= 11 is 0. The number of carbonyl (C=O) groups is 2. The Morgan fingerprint density at radius 3 is 2.29 bits per heavy atom. The van der Waals surface area contributed by atoms with Gasteiger partial charge in [0.15, 0.2) is 0 Å². The quantitative estimate of drug-likeness (QED) is 0.391.